The monoisotopic (exact) mass is 739 g/mol. The summed E-state index contributed by atoms with van der Waals surface area (Å²) < 4.78 is 50.7. The van der Waals surface area contributed by atoms with Crippen molar-refractivity contribution in [2.24, 2.45) is 0 Å². The molecule has 298 valence electrons. The largest absolute Gasteiger partial charge is 0.472 e. The van der Waals surface area contributed by atoms with Crippen molar-refractivity contribution in [3.05, 3.63) is 0 Å². The summed E-state index contributed by atoms with van der Waals surface area (Å²) in [4.78, 5) is 35.3. The molecule has 10 heteroatoms. The molecule has 0 aliphatic rings. The maximum atomic E-state index is 12.7. The van der Waals surface area contributed by atoms with Gasteiger partial charge in [-0.25, -0.2) is 4.57 Å². The molecule has 0 bridgehead atoms. The molecule has 0 aromatic rings. The minimum Gasteiger partial charge on any atom is -0.462 e. The third kappa shape index (κ3) is 36.8. The number of nitrogens with zero attached hydrogens (tertiary/aromatic N) is 1. The van der Waals surface area contributed by atoms with Crippen LogP contribution in [0.15, 0.2) is 0 Å². The number of unbranched alkanes of at least 4 members (excludes halogenated alkanes) is 19. The zero-order chi connectivity index (χ0) is 38.9. The van der Waals surface area contributed by atoms with Crippen LogP contribution in [0.2, 0.25) is 0 Å². The molecule has 9 nitrogen and oxygen atoms in total. The van der Waals surface area contributed by atoms with E-state index in [1.54, 1.807) is 0 Å². The topological polar surface area (TPSA) is 108 Å². The van der Waals surface area contributed by atoms with Crippen molar-refractivity contribution in [2.45, 2.75) is 200 Å². The van der Waals surface area contributed by atoms with Gasteiger partial charge in [0.2, 0.25) is 0 Å². The minimum atomic E-state index is -4.40. The van der Waals surface area contributed by atoms with Crippen molar-refractivity contribution < 1.29 is 44.8 Å². The van der Waals surface area contributed by atoms with Crippen LogP contribution in [0.4, 0.5) is 0 Å². The highest BCUT2D eigenvalue weighted by Crippen LogP contribution is 2.43. The minimum absolute atomic E-state index is 0.0122. The van der Waals surface area contributed by atoms with Crippen molar-refractivity contribution in [1.29, 1.82) is 0 Å². The molecular formula is C40H81NO8P+. The smallest absolute Gasteiger partial charge is 0.462 e. The molecule has 1 N–H and O–H groups in total. The standard InChI is InChI=1S/C40H80NO8P/c1-6-8-10-12-14-16-18-20-22-24-26-28-30-32-39(42)46-36-38(37-48-50(44,45)47-35-34-41(3,4)5)49-40(43)33-31-29-27-25-23-21-19-17-15-13-11-9-7-2/h38H,6-37H2,1-5H3/p+1/t38-/m1/s1/i19T,21T/t19?,21?,38-. The van der Waals surface area contributed by atoms with E-state index in [9.17, 15) is 19.0 Å². The van der Waals surface area contributed by atoms with E-state index in [-0.39, 0.29) is 38.8 Å². The Balaban J connectivity index is 4.50. The van der Waals surface area contributed by atoms with Crippen LogP contribution >= 0.6 is 7.82 Å². The van der Waals surface area contributed by atoms with Crippen LogP contribution < -0.4 is 0 Å². The van der Waals surface area contributed by atoms with E-state index in [0.29, 0.717) is 23.9 Å². The highest BCUT2D eigenvalue weighted by atomic mass is 31.2. The SMILES string of the molecule is [3H]C(CCCCCCC)C([3H])CCCCCCC(=O)O[C@H](COC(=O)CCCCCCCCCCCCCCC)COP(=O)(O)OCC[N+](C)(C)C. The van der Waals surface area contributed by atoms with Gasteiger partial charge in [0, 0.05) is 15.6 Å². The Morgan fingerprint density at radius 2 is 1.00 bits per heavy atom. The van der Waals surface area contributed by atoms with Gasteiger partial charge in [0.05, 0.1) is 27.7 Å². The lowest BCUT2D eigenvalue weighted by atomic mass is 10.0. The van der Waals surface area contributed by atoms with Crippen LogP contribution in [0.1, 0.15) is 196 Å². The summed E-state index contributed by atoms with van der Waals surface area (Å²) in [6.45, 7) is 4.24. The van der Waals surface area contributed by atoms with E-state index in [1.807, 2.05) is 21.1 Å². The summed E-state index contributed by atoms with van der Waals surface area (Å²) in [6.07, 6.45) is 24.9. The lowest BCUT2D eigenvalue weighted by Gasteiger charge is -2.24. The van der Waals surface area contributed by atoms with Crippen LogP contribution in [0.25, 0.3) is 0 Å². The molecule has 0 aliphatic carbocycles. The lowest BCUT2D eigenvalue weighted by molar-refractivity contribution is -0.870. The maximum Gasteiger partial charge on any atom is 0.472 e. The summed E-state index contributed by atoms with van der Waals surface area (Å²) in [5, 5.41) is 0. The Labute approximate surface area is 311 Å². The molecule has 50 heavy (non-hydrogen) atoms. The summed E-state index contributed by atoms with van der Waals surface area (Å²) in [5.41, 5.74) is 0. The second-order valence-corrected chi connectivity index (χ2v) is 16.5. The Morgan fingerprint density at radius 1 is 0.600 bits per heavy atom. The molecule has 0 spiro atoms. The Bertz CT molecular complexity index is 907. The molecule has 0 rings (SSSR count). The molecule has 0 saturated heterocycles. The van der Waals surface area contributed by atoms with Gasteiger partial charge in [-0.15, -0.1) is 0 Å². The van der Waals surface area contributed by atoms with Gasteiger partial charge in [-0.05, 0) is 12.8 Å². The molecule has 0 amide bonds. The van der Waals surface area contributed by atoms with Crippen molar-refractivity contribution >= 4 is 19.8 Å². The fraction of sp³-hybridized carbons (Fsp3) is 0.950. The van der Waals surface area contributed by atoms with Gasteiger partial charge in [0.15, 0.2) is 6.10 Å². The summed E-state index contributed by atoms with van der Waals surface area (Å²) in [6, 6.07) is 0. The van der Waals surface area contributed by atoms with E-state index in [4.69, 9.17) is 21.3 Å². The molecule has 0 heterocycles. The second-order valence-electron chi connectivity index (χ2n) is 15.0. The summed E-state index contributed by atoms with van der Waals surface area (Å²) in [7, 11) is 1.41. The molecule has 0 fully saturated rings. The number of esters is 2. The number of likely N-dealkylation sites (N-methyl/N-ethyl adjacent to an activating group) is 1. The maximum absolute atomic E-state index is 12.7. The van der Waals surface area contributed by atoms with Crippen LogP contribution in [0.3, 0.4) is 0 Å². The summed E-state index contributed by atoms with van der Waals surface area (Å²) in [5.74, 6) is -0.887. The highest BCUT2D eigenvalue weighted by molar-refractivity contribution is 7.47. The molecule has 3 unspecified atom stereocenters. The van der Waals surface area contributed by atoms with E-state index in [1.165, 1.54) is 83.5 Å². The average Bonchev–Trinajstić information content (AvgIpc) is 3.08. The van der Waals surface area contributed by atoms with Gasteiger partial charge >= 0.3 is 19.8 Å². The number of ether oxygens (including phenoxy) is 2. The Kier molecular flexibility index (Phi) is 30.6. The number of quaternary nitrogens is 1. The third-order valence-electron chi connectivity index (χ3n) is 8.80. The Morgan fingerprint density at radius 3 is 1.44 bits per heavy atom. The number of carbonyl (C=O) groups is 2. The first-order chi connectivity index (χ1) is 24.8. The molecule has 4 atom stereocenters. The highest BCUT2D eigenvalue weighted by Gasteiger charge is 2.27. The van der Waals surface area contributed by atoms with E-state index < -0.39 is 32.5 Å². The third-order valence-corrected chi connectivity index (χ3v) is 9.78. The summed E-state index contributed by atoms with van der Waals surface area (Å²) >= 11 is 0. The predicted octanol–water partition coefficient (Wildman–Crippen LogP) is 11.2. The number of phosphoric acid groups is 1. The molecule has 0 aliphatic heterocycles. The van der Waals surface area contributed by atoms with Crippen molar-refractivity contribution in [1.82, 2.24) is 0 Å². The first kappa shape index (κ1) is 45.2. The zero-order valence-corrected chi connectivity index (χ0v) is 34.0. The normalized spacial score (nSPS) is 15.5. The Hall–Kier alpha value is -0.990. The van der Waals surface area contributed by atoms with Crippen molar-refractivity contribution in [2.75, 3.05) is 47.5 Å². The first-order valence-electron chi connectivity index (χ1n) is 21.6. The fourth-order valence-electron chi connectivity index (χ4n) is 5.54. The molecule has 0 radical (unpaired) electrons. The fourth-order valence-corrected chi connectivity index (χ4v) is 6.28. The molecular weight excluding hydrogens is 653 g/mol. The van der Waals surface area contributed by atoms with Crippen molar-refractivity contribution in [3.63, 3.8) is 0 Å². The van der Waals surface area contributed by atoms with Crippen LogP contribution in [0.5, 0.6) is 0 Å². The van der Waals surface area contributed by atoms with Gasteiger partial charge in [0.1, 0.15) is 19.8 Å². The zero-order valence-electron chi connectivity index (χ0n) is 35.1. The number of hydrogen-bond acceptors (Lipinski definition) is 7. The number of carbonyl (C=O) groups excluding carboxylic acids is 2. The molecule has 0 aromatic heterocycles. The molecule has 0 aromatic carbocycles. The van der Waals surface area contributed by atoms with Gasteiger partial charge in [0.25, 0.3) is 0 Å². The average molecular weight is 739 g/mol. The van der Waals surface area contributed by atoms with Gasteiger partial charge in [-0.2, -0.15) is 0 Å². The van der Waals surface area contributed by atoms with Gasteiger partial charge in [-0.1, -0.05) is 168 Å². The number of hydrogen-bond donors (Lipinski definition) is 1. The number of rotatable bonds is 38. The van der Waals surface area contributed by atoms with Crippen molar-refractivity contribution in [3.8, 4) is 0 Å². The van der Waals surface area contributed by atoms with E-state index in [2.05, 4.69) is 13.8 Å². The number of phosphoric ester groups is 1. The first-order valence-corrected chi connectivity index (χ1v) is 21.9. The van der Waals surface area contributed by atoms with E-state index >= 15 is 0 Å². The van der Waals surface area contributed by atoms with Gasteiger partial charge < -0.3 is 18.9 Å². The molecule has 0 saturated carbocycles. The predicted molar refractivity (Wildman–Crippen MR) is 206 cm³/mol. The quantitative estimate of drug-likeness (QED) is 0.0289. The second kappa shape index (κ2) is 33.8. The lowest BCUT2D eigenvalue weighted by Crippen LogP contribution is -2.37. The van der Waals surface area contributed by atoms with E-state index in [0.717, 1.165) is 57.8 Å². The van der Waals surface area contributed by atoms with Crippen LogP contribution in [0, 0.1) is 0 Å². The van der Waals surface area contributed by atoms with Crippen LogP contribution in [-0.2, 0) is 32.7 Å². The van der Waals surface area contributed by atoms with Gasteiger partial charge in [-0.3, -0.25) is 18.6 Å². The van der Waals surface area contributed by atoms with Crippen LogP contribution in [-0.4, -0.2) is 74.9 Å².